The maximum absolute atomic E-state index is 12.2. The summed E-state index contributed by atoms with van der Waals surface area (Å²) in [5, 5.41) is 0.389. The molecule has 0 unspecified atom stereocenters. The minimum atomic E-state index is -4.39. The van der Waals surface area contributed by atoms with E-state index in [1.807, 2.05) is 0 Å². The highest BCUT2D eigenvalue weighted by molar-refractivity contribution is 6.36. The molecule has 0 heterocycles. The lowest BCUT2D eigenvalue weighted by molar-refractivity contribution is -0.162. The molecule has 2 aliphatic carbocycles. The standard InChI is InChI=1S/C7H3Cl2F3/c8-5-1-4-3(5)2-6(4,9)7(10,11)12/h1-2,4H/t4-,6+/m0/s1. The predicted molar refractivity (Wildman–Crippen MR) is 40.1 cm³/mol. The second kappa shape index (κ2) is 2.02. The third-order valence-corrected chi connectivity index (χ3v) is 3.08. The van der Waals surface area contributed by atoms with Crippen LogP contribution in [0.4, 0.5) is 13.2 Å². The van der Waals surface area contributed by atoms with Crippen LogP contribution in [0.25, 0.3) is 0 Å². The van der Waals surface area contributed by atoms with E-state index in [1.54, 1.807) is 0 Å². The molecular formula is C7H3Cl2F3. The number of hydrogen-bond donors (Lipinski definition) is 0. The summed E-state index contributed by atoms with van der Waals surface area (Å²) in [5.74, 6) is -0.730. The first-order valence-electron chi connectivity index (χ1n) is 3.22. The van der Waals surface area contributed by atoms with Gasteiger partial charge >= 0.3 is 6.18 Å². The fourth-order valence-electron chi connectivity index (χ4n) is 1.37. The minimum absolute atomic E-state index is 0.389. The van der Waals surface area contributed by atoms with Crippen LogP contribution >= 0.6 is 23.2 Å². The van der Waals surface area contributed by atoms with Crippen molar-refractivity contribution < 1.29 is 13.2 Å². The van der Waals surface area contributed by atoms with E-state index in [4.69, 9.17) is 23.2 Å². The fourth-order valence-corrected chi connectivity index (χ4v) is 1.97. The highest BCUT2D eigenvalue weighted by atomic mass is 35.5. The molecule has 0 nitrogen and oxygen atoms in total. The van der Waals surface area contributed by atoms with Crippen molar-refractivity contribution in [2.24, 2.45) is 5.92 Å². The fraction of sp³-hybridized carbons (Fsp3) is 0.429. The van der Waals surface area contributed by atoms with Gasteiger partial charge in [0, 0.05) is 11.0 Å². The largest absolute Gasteiger partial charge is 0.412 e. The van der Waals surface area contributed by atoms with Crippen molar-refractivity contribution in [3.63, 3.8) is 0 Å². The Morgan fingerprint density at radius 2 is 2.00 bits per heavy atom. The average Bonchev–Trinajstić information content (AvgIpc) is 1.92. The van der Waals surface area contributed by atoms with Gasteiger partial charge in [0.25, 0.3) is 0 Å². The maximum atomic E-state index is 12.2. The highest BCUT2D eigenvalue weighted by Crippen LogP contribution is 2.60. The molecular weight excluding hydrogens is 212 g/mol. The van der Waals surface area contributed by atoms with E-state index < -0.39 is 17.0 Å². The molecule has 0 bridgehead atoms. The molecule has 0 aromatic heterocycles. The van der Waals surface area contributed by atoms with Crippen molar-refractivity contribution in [3.8, 4) is 0 Å². The molecule has 0 amide bonds. The summed E-state index contributed by atoms with van der Waals surface area (Å²) < 4.78 is 36.7. The van der Waals surface area contributed by atoms with E-state index in [1.165, 1.54) is 6.08 Å². The zero-order valence-corrected chi connectivity index (χ0v) is 7.13. The molecule has 66 valence electrons. The van der Waals surface area contributed by atoms with Crippen LogP contribution in [0.1, 0.15) is 0 Å². The number of hydrogen-bond acceptors (Lipinski definition) is 0. The van der Waals surface area contributed by atoms with Crippen LogP contribution in [0.5, 0.6) is 0 Å². The van der Waals surface area contributed by atoms with Crippen LogP contribution in [0, 0.1) is 5.92 Å². The van der Waals surface area contributed by atoms with Crippen LogP contribution in [0.15, 0.2) is 22.8 Å². The Morgan fingerprint density at radius 3 is 2.25 bits per heavy atom. The number of rotatable bonds is 0. The highest BCUT2D eigenvalue weighted by Gasteiger charge is 2.65. The number of halogens is 5. The van der Waals surface area contributed by atoms with Crippen molar-refractivity contribution >= 4 is 23.2 Å². The second-order valence-corrected chi connectivity index (χ2v) is 3.89. The van der Waals surface area contributed by atoms with Crippen LogP contribution in [0.2, 0.25) is 0 Å². The van der Waals surface area contributed by atoms with Gasteiger partial charge < -0.3 is 0 Å². The van der Waals surface area contributed by atoms with Gasteiger partial charge in [-0.15, -0.1) is 11.6 Å². The second-order valence-electron chi connectivity index (χ2n) is 2.86. The predicted octanol–water partition coefficient (Wildman–Crippen LogP) is 3.22. The van der Waals surface area contributed by atoms with Gasteiger partial charge in [0.15, 0.2) is 4.87 Å². The SMILES string of the molecule is FC(F)(F)[C@@]1(Cl)C=C2C(Cl)=C[C@@H]21. The molecule has 12 heavy (non-hydrogen) atoms. The van der Waals surface area contributed by atoms with Crippen molar-refractivity contribution in [2.75, 3.05) is 0 Å². The van der Waals surface area contributed by atoms with Gasteiger partial charge in [-0.2, -0.15) is 13.2 Å². The lowest BCUT2D eigenvalue weighted by Crippen LogP contribution is -2.54. The van der Waals surface area contributed by atoms with Crippen molar-refractivity contribution in [3.05, 3.63) is 22.8 Å². The third-order valence-electron chi connectivity index (χ3n) is 2.18. The minimum Gasteiger partial charge on any atom is -0.169 e. The third kappa shape index (κ3) is 0.761. The molecule has 0 aromatic rings. The normalized spacial score (nSPS) is 38.9. The Balaban J connectivity index is 2.29. The lowest BCUT2D eigenvalue weighted by Gasteiger charge is -2.47. The van der Waals surface area contributed by atoms with Crippen LogP contribution in [-0.2, 0) is 0 Å². The smallest absolute Gasteiger partial charge is 0.169 e. The molecule has 0 saturated carbocycles. The zero-order valence-electron chi connectivity index (χ0n) is 5.62. The molecule has 5 heteroatoms. The Hall–Kier alpha value is -0.150. The summed E-state index contributed by atoms with van der Waals surface area (Å²) in [6.45, 7) is 0. The lowest BCUT2D eigenvalue weighted by atomic mass is 9.66. The van der Waals surface area contributed by atoms with Gasteiger partial charge in [-0.3, -0.25) is 0 Å². The summed E-state index contributed by atoms with van der Waals surface area (Å²) in [7, 11) is 0. The quantitative estimate of drug-likeness (QED) is 0.544. The molecule has 2 atom stereocenters. The first-order valence-corrected chi connectivity index (χ1v) is 3.98. The van der Waals surface area contributed by atoms with E-state index >= 15 is 0 Å². The Bertz CT molecular complexity index is 302. The summed E-state index contributed by atoms with van der Waals surface area (Å²) in [4.78, 5) is -2.19. The molecule has 0 aliphatic heterocycles. The van der Waals surface area contributed by atoms with Gasteiger partial charge in [-0.25, -0.2) is 0 Å². The Kier molecular flexibility index (Phi) is 1.42. The van der Waals surface area contributed by atoms with E-state index in [-0.39, 0.29) is 0 Å². The average molecular weight is 215 g/mol. The Morgan fingerprint density at radius 1 is 1.42 bits per heavy atom. The molecule has 0 radical (unpaired) electrons. The van der Waals surface area contributed by atoms with Crippen molar-refractivity contribution in [1.82, 2.24) is 0 Å². The first-order chi connectivity index (χ1) is 5.36. The molecule has 2 rings (SSSR count). The molecule has 0 aromatic carbocycles. The van der Waals surface area contributed by atoms with E-state index in [0.29, 0.717) is 10.6 Å². The number of allylic oxidation sites excluding steroid dienone is 4. The maximum Gasteiger partial charge on any atom is 0.412 e. The topological polar surface area (TPSA) is 0 Å². The van der Waals surface area contributed by atoms with Gasteiger partial charge in [0.1, 0.15) is 0 Å². The van der Waals surface area contributed by atoms with Crippen LogP contribution in [0.3, 0.4) is 0 Å². The zero-order chi connectivity index (χ0) is 9.15. The Labute approximate surface area is 76.6 Å². The molecule has 0 N–H and O–H groups in total. The van der Waals surface area contributed by atoms with Gasteiger partial charge in [0.2, 0.25) is 0 Å². The van der Waals surface area contributed by atoms with Crippen molar-refractivity contribution in [2.45, 2.75) is 11.1 Å². The van der Waals surface area contributed by atoms with Crippen molar-refractivity contribution in [1.29, 1.82) is 0 Å². The summed E-state index contributed by atoms with van der Waals surface area (Å²) >= 11 is 10.8. The monoisotopic (exact) mass is 214 g/mol. The summed E-state index contributed by atoms with van der Waals surface area (Å²) in [6, 6.07) is 0. The molecule has 0 spiro atoms. The van der Waals surface area contributed by atoms with E-state index in [2.05, 4.69) is 0 Å². The molecule has 0 fully saturated rings. The van der Waals surface area contributed by atoms with Gasteiger partial charge in [-0.1, -0.05) is 17.7 Å². The van der Waals surface area contributed by atoms with E-state index in [9.17, 15) is 13.2 Å². The van der Waals surface area contributed by atoms with Crippen LogP contribution in [-0.4, -0.2) is 11.1 Å². The molecule has 2 aliphatic rings. The number of alkyl halides is 4. The van der Waals surface area contributed by atoms with E-state index in [0.717, 1.165) is 6.08 Å². The van der Waals surface area contributed by atoms with Gasteiger partial charge in [0.05, 0.1) is 0 Å². The van der Waals surface area contributed by atoms with Crippen LogP contribution < -0.4 is 0 Å². The first kappa shape index (κ1) is 8.45. The van der Waals surface area contributed by atoms with Gasteiger partial charge in [-0.05, 0) is 11.6 Å². The summed E-state index contributed by atoms with van der Waals surface area (Å²) in [6.07, 6.45) is -2.09. The summed E-state index contributed by atoms with van der Waals surface area (Å²) in [5.41, 5.74) is 0.518. The number of fused-ring (bicyclic) bond motifs is 1. The molecule has 0 saturated heterocycles.